The molecule has 0 unspecified atom stereocenters. The Hall–Kier alpha value is -2.95. The third-order valence-electron chi connectivity index (χ3n) is 4.65. The Labute approximate surface area is 171 Å². The Morgan fingerprint density at radius 1 is 1.00 bits per heavy atom. The zero-order valence-corrected chi connectivity index (χ0v) is 15.7. The first-order valence-electron chi connectivity index (χ1n) is 9.12. The van der Waals surface area contributed by atoms with E-state index in [1.165, 1.54) is 24.3 Å². The topological polar surface area (TPSA) is 157 Å². The van der Waals surface area contributed by atoms with Crippen molar-refractivity contribution in [2.24, 2.45) is 0 Å². The predicted octanol–water partition coefficient (Wildman–Crippen LogP) is 0.173. The smallest absolute Gasteiger partial charge is 0.229 e. The fourth-order valence-corrected chi connectivity index (χ4v) is 2.95. The lowest BCUT2D eigenvalue weighted by Crippen LogP contribution is -2.60. The van der Waals surface area contributed by atoms with Crippen LogP contribution in [0.25, 0.3) is 6.08 Å². The van der Waals surface area contributed by atoms with Gasteiger partial charge in [-0.15, -0.1) is 0 Å². The lowest BCUT2D eigenvalue weighted by molar-refractivity contribution is -0.277. The van der Waals surface area contributed by atoms with Crippen molar-refractivity contribution in [1.29, 1.82) is 0 Å². The second-order valence-corrected chi connectivity index (χ2v) is 6.78. The van der Waals surface area contributed by atoms with Crippen LogP contribution in [0.2, 0.25) is 0 Å². The second-order valence-electron chi connectivity index (χ2n) is 6.78. The van der Waals surface area contributed by atoms with Crippen molar-refractivity contribution >= 4 is 11.9 Å². The van der Waals surface area contributed by atoms with Gasteiger partial charge in [-0.1, -0.05) is 18.2 Å². The molecule has 0 bridgehead atoms. The summed E-state index contributed by atoms with van der Waals surface area (Å²) in [6, 6.07) is 10.0. The molecule has 0 radical (unpaired) electrons. The van der Waals surface area contributed by atoms with Gasteiger partial charge in [0, 0.05) is 6.07 Å². The van der Waals surface area contributed by atoms with E-state index in [2.05, 4.69) is 0 Å². The molecule has 1 heterocycles. The van der Waals surface area contributed by atoms with E-state index in [-0.39, 0.29) is 17.1 Å². The van der Waals surface area contributed by atoms with Gasteiger partial charge in [0.25, 0.3) is 0 Å². The molecule has 0 aromatic heterocycles. The van der Waals surface area contributed by atoms with Crippen molar-refractivity contribution in [3.8, 4) is 17.2 Å². The van der Waals surface area contributed by atoms with Crippen molar-refractivity contribution in [2.75, 3.05) is 6.61 Å². The number of ether oxygens (including phenoxy) is 2. The number of benzene rings is 2. The van der Waals surface area contributed by atoms with E-state index >= 15 is 0 Å². The van der Waals surface area contributed by atoms with Crippen molar-refractivity contribution in [1.82, 2.24) is 0 Å². The molecule has 2 aromatic rings. The number of aromatic hydroxyl groups is 2. The third-order valence-corrected chi connectivity index (χ3v) is 4.65. The van der Waals surface area contributed by atoms with Crippen LogP contribution in [0, 0.1) is 0 Å². The minimum Gasteiger partial charge on any atom is -0.508 e. The molecule has 0 amide bonds. The van der Waals surface area contributed by atoms with Crippen LogP contribution < -0.4 is 4.74 Å². The standard InChI is InChI=1S/C21H22O9/c22-10-17-18(26)19(27)20(28)21(30-17)29-13-5-1-11(2-6-13)3-8-15(24)14-7-4-12(23)9-16(14)25/h1-9,17-23,25-28H,10H2/t17-,18-,19+,20-,21-/m1/s1. The van der Waals surface area contributed by atoms with Crippen LogP contribution in [0.1, 0.15) is 15.9 Å². The summed E-state index contributed by atoms with van der Waals surface area (Å²) >= 11 is 0. The Kier molecular flexibility index (Phi) is 6.70. The molecular formula is C21H22O9. The molecule has 6 N–H and O–H groups in total. The first-order valence-corrected chi connectivity index (χ1v) is 9.12. The molecule has 1 aliphatic rings. The van der Waals surface area contributed by atoms with E-state index in [4.69, 9.17) is 9.47 Å². The molecule has 9 heteroatoms. The van der Waals surface area contributed by atoms with Gasteiger partial charge in [0.2, 0.25) is 6.29 Å². The highest BCUT2D eigenvalue weighted by molar-refractivity contribution is 6.08. The Balaban J connectivity index is 1.65. The van der Waals surface area contributed by atoms with Crippen LogP contribution in [-0.4, -0.2) is 73.7 Å². The molecule has 0 aliphatic carbocycles. The van der Waals surface area contributed by atoms with Crippen LogP contribution in [-0.2, 0) is 4.74 Å². The van der Waals surface area contributed by atoms with Gasteiger partial charge in [-0.3, -0.25) is 4.79 Å². The van der Waals surface area contributed by atoms with Gasteiger partial charge in [-0.25, -0.2) is 0 Å². The summed E-state index contributed by atoms with van der Waals surface area (Å²) in [7, 11) is 0. The number of hydrogen-bond donors (Lipinski definition) is 6. The summed E-state index contributed by atoms with van der Waals surface area (Å²) in [6.07, 6.45) is -4.10. The van der Waals surface area contributed by atoms with E-state index in [0.717, 1.165) is 6.07 Å². The zero-order valence-electron chi connectivity index (χ0n) is 15.7. The van der Waals surface area contributed by atoms with Gasteiger partial charge in [-0.2, -0.15) is 0 Å². The van der Waals surface area contributed by atoms with Crippen molar-refractivity contribution in [3.05, 3.63) is 59.7 Å². The zero-order chi connectivity index (χ0) is 21.8. The fourth-order valence-electron chi connectivity index (χ4n) is 2.95. The summed E-state index contributed by atoms with van der Waals surface area (Å²) < 4.78 is 10.8. The Bertz CT molecular complexity index is 907. The molecule has 30 heavy (non-hydrogen) atoms. The number of carbonyl (C=O) groups is 1. The number of ketones is 1. The van der Waals surface area contributed by atoms with E-state index < -0.39 is 43.1 Å². The number of aliphatic hydroxyl groups excluding tert-OH is 4. The minimum absolute atomic E-state index is 0.0478. The SMILES string of the molecule is O=C(C=Cc1ccc(O[C@@H]2O[C@H](CO)[C@@H](O)[C@H](O)[C@H]2O)cc1)c1ccc(O)cc1O. The molecule has 9 nitrogen and oxygen atoms in total. The highest BCUT2D eigenvalue weighted by atomic mass is 16.7. The van der Waals surface area contributed by atoms with Crippen molar-refractivity contribution < 1.29 is 44.9 Å². The number of phenols is 2. The Morgan fingerprint density at radius 3 is 2.33 bits per heavy atom. The number of carbonyl (C=O) groups excluding carboxylic acids is 1. The highest BCUT2D eigenvalue weighted by Crippen LogP contribution is 2.25. The fraction of sp³-hybridized carbons (Fsp3) is 0.286. The molecule has 1 fully saturated rings. The monoisotopic (exact) mass is 418 g/mol. The molecule has 160 valence electrons. The van der Waals surface area contributed by atoms with Gasteiger partial charge >= 0.3 is 0 Å². The minimum atomic E-state index is -1.54. The lowest BCUT2D eigenvalue weighted by atomic mass is 9.99. The first kappa shape index (κ1) is 21.8. The van der Waals surface area contributed by atoms with Gasteiger partial charge in [0.05, 0.1) is 12.2 Å². The summed E-state index contributed by atoms with van der Waals surface area (Å²) in [4.78, 5) is 12.2. The van der Waals surface area contributed by atoms with E-state index in [9.17, 15) is 35.4 Å². The summed E-state index contributed by atoms with van der Waals surface area (Å²) in [5.74, 6) is -0.635. The van der Waals surface area contributed by atoms with E-state index in [0.29, 0.717) is 11.3 Å². The Morgan fingerprint density at radius 2 is 1.70 bits per heavy atom. The average molecular weight is 418 g/mol. The summed E-state index contributed by atoms with van der Waals surface area (Å²) in [5.41, 5.74) is 0.689. The van der Waals surface area contributed by atoms with Crippen molar-refractivity contribution in [2.45, 2.75) is 30.7 Å². The second kappa shape index (κ2) is 9.24. The first-order chi connectivity index (χ1) is 14.3. The van der Waals surface area contributed by atoms with Crippen LogP contribution >= 0.6 is 0 Å². The molecule has 0 spiro atoms. The van der Waals surface area contributed by atoms with E-state index in [1.54, 1.807) is 24.3 Å². The number of allylic oxidation sites excluding steroid dienone is 1. The maximum absolute atomic E-state index is 12.2. The maximum Gasteiger partial charge on any atom is 0.229 e. The molecule has 1 aliphatic heterocycles. The van der Waals surface area contributed by atoms with Crippen LogP contribution in [0.5, 0.6) is 17.2 Å². The number of aliphatic hydroxyl groups is 4. The third kappa shape index (κ3) is 4.78. The van der Waals surface area contributed by atoms with Gasteiger partial charge < -0.3 is 40.1 Å². The van der Waals surface area contributed by atoms with Crippen molar-refractivity contribution in [3.63, 3.8) is 0 Å². The molecular weight excluding hydrogens is 396 g/mol. The lowest BCUT2D eigenvalue weighted by Gasteiger charge is -2.39. The van der Waals surface area contributed by atoms with Gasteiger partial charge in [-0.05, 0) is 35.9 Å². The number of hydrogen-bond acceptors (Lipinski definition) is 9. The number of phenolic OH excluding ortho intramolecular Hbond substituents is 2. The highest BCUT2D eigenvalue weighted by Gasteiger charge is 2.44. The molecule has 0 saturated carbocycles. The maximum atomic E-state index is 12.2. The quantitative estimate of drug-likeness (QED) is 0.284. The largest absolute Gasteiger partial charge is 0.508 e. The van der Waals surface area contributed by atoms with Crippen LogP contribution in [0.3, 0.4) is 0 Å². The summed E-state index contributed by atoms with van der Waals surface area (Å²) in [6.45, 7) is -0.556. The van der Waals surface area contributed by atoms with Crippen LogP contribution in [0.15, 0.2) is 48.5 Å². The van der Waals surface area contributed by atoms with Crippen LogP contribution in [0.4, 0.5) is 0 Å². The van der Waals surface area contributed by atoms with Gasteiger partial charge in [0.15, 0.2) is 5.78 Å². The van der Waals surface area contributed by atoms with Gasteiger partial charge in [0.1, 0.15) is 41.7 Å². The molecule has 1 saturated heterocycles. The predicted molar refractivity (Wildman–Crippen MR) is 104 cm³/mol. The normalized spacial score (nSPS) is 26.6. The molecule has 5 atom stereocenters. The molecule has 3 rings (SSSR count). The molecule has 2 aromatic carbocycles. The van der Waals surface area contributed by atoms with E-state index in [1.807, 2.05) is 0 Å². The average Bonchev–Trinajstić information content (AvgIpc) is 2.73. The summed E-state index contributed by atoms with van der Waals surface area (Å²) in [5, 5.41) is 57.8. The number of rotatable bonds is 6.